The summed E-state index contributed by atoms with van der Waals surface area (Å²) in [6, 6.07) is -1.00. The maximum Gasteiger partial charge on any atom is 0.326 e. The molecule has 2 N–H and O–H groups in total. The lowest BCUT2D eigenvalue weighted by atomic mass is 9.87. The van der Waals surface area contributed by atoms with Crippen LogP contribution < -0.4 is 5.32 Å². The number of carbonyl (C=O) groups is 2. The van der Waals surface area contributed by atoms with Crippen molar-refractivity contribution in [1.82, 2.24) is 15.1 Å². The lowest BCUT2D eigenvalue weighted by Crippen LogP contribution is -2.55. The van der Waals surface area contributed by atoms with E-state index in [-0.39, 0.29) is 12.1 Å². The molecule has 6 heteroatoms. The van der Waals surface area contributed by atoms with E-state index in [4.69, 9.17) is 0 Å². The van der Waals surface area contributed by atoms with Gasteiger partial charge >= 0.3 is 12.0 Å². The second-order valence-corrected chi connectivity index (χ2v) is 6.86. The molecule has 1 saturated heterocycles. The molecule has 0 unspecified atom stereocenters. The first kappa shape index (κ1) is 17.8. The fraction of sp³-hybridized carbons (Fsp3) is 0.867. The molecule has 0 bridgehead atoms. The molecule has 0 spiro atoms. The van der Waals surface area contributed by atoms with E-state index in [2.05, 4.69) is 17.1 Å². The number of hydrogen-bond acceptors (Lipinski definition) is 3. The van der Waals surface area contributed by atoms with Gasteiger partial charge in [0.1, 0.15) is 6.04 Å². The number of hydrogen-bond donors (Lipinski definition) is 2. The van der Waals surface area contributed by atoms with Gasteiger partial charge in [-0.1, -0.05) is 27.7 Å². The first-order chi connectivity index (χ1) is 9.66. The van der Waals surface area contributed by atoms with Gasteiger partial charge in [0.05, 0.1) is 0 Å². The van der Waals surface area contributed by atoms with Gasteiger partial charge in [0.25, 0.3) is 0 Å². The molecule has 21 heavy (non-hydrogen) atoms. The molecule has 1 heterocycles. The van der Waals surface area contributed by atoms with Crippen LogP contribution in [0.1, 0.15) is 40.5 Å². The summed E-state index contributed by atoms with van der Waals surface area (Å²) in [7, 11) is 1.75. The summed E-state index contributed by atoms with van der Waals surface area (Å²) in [5, 5.41) is 11.9. The zero-order valence-corrected chi connectivity index (χ0v) is 13.8. The molecule has 0 aliphatic carbocycles. The molecule has 2 amide bonds. The van der Waals surface area contributed by atoms with Crippen LogP contribution in [0.3, 0.4) is 0 Å². The lowest BCUT2D eigenvalue weighted by Gasteiger charge is -2.37. The van der Waals surface area contributed by atoms with Crippen molar-refractivity contribution in [3.05, 3.63) is 0 Å². The summed E-state index contributed by atoms with van der Waals surface area (Å²) >= 11 is 0. The van der Waals surface area contributed by atoms with E-state index in [9.17, 15) is 14.7 Å². The number of urea groups is 1. The third-order valence-corrected chi connectivity index (χ3v) is 4.25. The number of carboxylic acids is 1. The lowest BCUT2D eigenvalue weighted by molar-refractivity contribution is -0.142. The molecule has 0 saturated carbocycles. The van der Waals surface area contributed by atoms with Crippen LogP contribution in [0, 0.1) is 5.41 Å². The summed E-state index contributed by atoms with van der Waals surface area (Å²) in [6.07, 6.45) is 1.87. The van der Waals surface area contributed by atoms with Crippen LogP contribution >= 0.6 is 0 Å². The van der Waals surface area contributed by atoms with Crippen LogP contribution in [0.25, 0.3) is 0 Å². The molecule has 1 rings (SSSR count). The predicted molar refractivity (Wildman–Crippen MR) is 82.3 cm³/mol. The minimum Gasteiger partial charge on any atom is -0.480 e. The number of carbonyl (C=O) groups excluding carboxylic acids is 1. The summed E-state index contributed by atoms with van der Waals surface area (Å²) in [5.74, 6) is -0.995. The molecular formula is C15H29N3O3. The highest BCUT2D eigenvalue weighted by molar-refractivity contribution is 5.83. The van der Waals surface area contributed by atoms with Crippen LogP contribution in [0.4, 0.5) is 4.79 Å². The van der Waals surface area contributed by atoms with Gasteiger partial charge in [0.2, 0.25) is 0 Å². The van der Waals surface area contributed by atoms with E-state index in [1.54, 1.807) is 11.9 Å². The molecule has 0 aromatic heterocycles. The maximum absolute atomic E-state index is 12.3. The molecule has 1 atom stereocenters. The number of carboxylic acid groups (broad SMARTS) is 1. The van der Waals surface area contributed by atoms with E-state index in [1.807, 2.05) is 20.8 Å². The highest BCUT2D eigenvalue weighted by Crippen LogP contribution is 2.21. The zero-order chi connectivity index (χ0) is 16.2. The largest absolute Gasteiger partial charge is 0.480 e. The van der Waals surface area contributed by atoms with E-state index in [0.717, 1.165) is 32.5 Å². The average Bonchev–Trinajstić information content (AvgIpc) is 2.42. The Kier molecular flexibility index (Phi) is 6.01. The smallest absolute Gasteiger partial charge is 0.326 e. The average molecular weight is 299 g/mol. The van der Waals surface area contributed by atoms with Crippen LogP contribution in [0.2, 0.25) is 0 Å². The van der Waals surface area contributed by atoms with Gasteiger partial charge in [0, 0.05) is 26.2 Å². The summed E-state index contributed by atoms with van der Waals surface area (Å²) in [4.78, 5) is 27.6. The maximum atomic E-state index is 12.3. The Morgan fingerprint density at radius 3 is 2.24 bits per heavy atom. The fourth-order valence-corrected chi connectivity index (χ4v) is 2.66. The Hall–Kier alpha value is -1.30. The molecule has 0 aromatic rings. The Morgan fingerprint density at radius 2 is 1.86 bits per heavy atom. The van der Waals surface area contributed by atoms with Gasteiger partial charge in [0.15, 0.2) is 0 Å². The third kappa shape index (κ3) is 4.88. The topological polar surface area (TPSA) is 72.9 Å². The Labute approximate surface area is 127 Å². The highest BCUT2D eigenvalue weighted by Gasteiger charge is 2.34. The Balaban J connectivity index is 2.60. The van der Waals surface area contributed by atoms with Gasteiger partial charge in [-0.3, -0.25) is 0 Å². The van der Waals surface area contributed by atoms with Gasteiger partial charge in [-0.25, -0.2) is 9.59 Å². The first-order valence-corrected chi connectivity index (χ1v) is 7.65. The first-order valence-electron chi connectivity index (χ1n) is 7.65. The van der Waals surface area contributed by atoms with Crippen LogP contribution in [0.5, 0.6) is 0 Å². The molecule has 0 radical (unpaired) electrons. The molecule has 122 valence electrons. The number of rotatable bonds is 4. The quantitative estimate of drug-likeness (QED) is 0.827. The SMILES string of the molecule is CCN1CCC(N(C)C(=O)N[C@H](C(=O)O)C(C)(C)C)CC1. The Bertz CT molecular complexity index is 371. The van der Waals surface area contributed by atoms with E-state index in [0.29, 0.717) is 0 Å². The summed E-state index contributed by atoms with van der Waals surface area (Å²) < 4.78 is 0. The molecule has 1 aliphatic rings. The zero-order valence-electron chi connectivity index (χ0n) is 13.8. The number of nitrogens with zero attached hydrogens (tertiary/aromatic N) is 2. The van der Waals surface area contributed by atoms with Gasteiger partial charge < -0.3 is 20.2 Å². The summed E-state index contributed by atoms with van der Waals surface area (Å²) in [6.45, 7) is 10.6. The second kappa shape index (κ2) is 7.11. The number of likely N-dealkylation sites (tertiary alicyclic amines) is 1. The molecule has 1 fully saturated rings. The molecule has 1 aliphatic heterocycles. The fourth-order valence-electron chi connectivity index (χ4n) is 2.66. The van der Waals surface area contributed by atoms with Crippen molar-refractivity contribution in [3.8, 4) is 0 Å². The minimum atomic E-state index is -0.995. The number of aliphatic carboxylic acids is 1. The monoisotopic (exact) mass is 299 g/mol. The van der Waals surface area contributed by atoms with E-state index in [1.165, 1.54) is 0 Å². The standard InChI is InChI=1S/C15H29N3O3/c1-6-18-9-7-11(8-10-18)17(5)14(21)16-12(13(19)20)15(2,3)4/h11-12H,6-10H2,1-5H3,(H,16,21)(H,19,20)/t12-/m1/s1. The van der Waals surface area contributed by atoms with Gasteiger partial charge in [-0.15, -0.1) is 0 Å². The van der Waals surface area contributed by atoms with Crippen LogP contribution in [-0.2, 0) is 4.79 Å². The van der Waals surface area contributed by atoms with Crippen LogP contribution in [0.15, 0.2) is 0 Å². The van der Waals surface area contributed by atoms with Gasteiger partial charge in [-0.2, -0.15) is 0 Å². The summed E-state index contributed by atoms with van der Waals surface area (Å²) in [5.41, 5.74) is -0.520. The predicted octanol–water partition coefficient (Wildman–Crippen LogP) is 1.61. The number of amides is 2. The number of nitrogens with one attached hydrogen (secondary N) is 1. The van der Waals surface area contributed by atoms with Crippen molar-refractivity contribution in [2.75, 3.05) is 26.7 Å². The Morgan fingerprint density at radius 1 is 1.33 bits per heavy atom. The van der Waals surface area contributed by atoms with Crippen molar-refractivity contribution in [3.63, 3.8) is 0 Å². The van der Waals surface area contributed by atoms with Crippen molar-refractivity contribution in [1.29, 1.82) is 0 Å². The van der Waals surface area contributed by atoms with E-state index >= 15 is 0 Å². The van der Waals surface area contributed by atoms with Crippen molar-refractivity contribution in [2.45, 2.75) is 52.6 Å². The van der Waals surface area contributed by atoms with E-state index < -0.39 is 17.4 Å². The van der Waals surface area contributed by atoms with Crippen molar-refractivity contribution in [2.24, 2.45) is 5.41 Å². The normalized spacial score (nSPS) is 19.1. The second-order valence-electron chi connectivity index (χ2n) is 6.86. The number of piperidine rings is 1. The van der Waals surface area contributed by atoms with Crippen molar-refractivity contribution < 1.29 is 14.7 Å². The highest BCUT2D eigenvalue weighted by atomic mass is 16.4. The van der Waals surface area contributed by atoms with Crippen molar-refractivity contribution >= 4 is 12.0 Å². The molecular weight excluding hydrogens is 270 g/mol. The van der Waals surface area contributed by atoms with Gasteiger partial charge in [-0.05, 0) is 24.8 Å². The molecule has 6 nitrogen and oxygen atoms in total. The minimum absolute atomic E-state index is 0.183. The third-order valence-electron chi connectivity index (χ3n) is 4.25. The van der Waals surface area contributed by atoms with Crippen LogP contribution in [-0.4, -0.2) is 65.7 Å². The molecule has 0 aromatic carbocycles.